The Morgan fingerprint density at radius 2 is 2.21 bits per heavy atom. The molecule has 3 N–H and O–H groups in total. The molecule has 1 aromatic rings. The van der Waals surface area contributed by atoms with Crippen molar-refractivity contribution < 1.29 is 13.5 Å². The van der Waals surface area contributed by atoms with Crippen molar-refractivity contribution in [1.29, 1.82) is 0 Å². The number of nitrogens with two attached hydrogens (primary N) is 1. The van der Waals surface area contributed by atoms with Gasteiger partial charge in [-0.1, -0.05) is 12.1 Å². The van der Waals surface area contributed by atoms with Crippen molar-refractivity contribution in [2.45, 2.75) is 36.8 Å². The number of β-amino-alcohol motifs (C(OH)–C–C–N with tert-alkyl or cyclic N) is 1. The van der Waals surface area contributed by atoms with Crippen LogP contribution in [0.2, 0.25) is 0 Å². The minimum atomic E-state index is -3.53. The molecule has 2 rings (SSSR count). The van der Waals surface area contributed by atoms with Crippen molar-refractivity contribution in [3.05, 3.63) is 29.8 Å². The summed E-state index contributed by atoms with van der Waals surface area (Å²) in [5.74, 6) is 0. The Labute approximate surface area is 114 Å². The fourth-order valence-electron chi connectivity index (χ4n) is 2.25. The molecular weight excluding hydrogens is 264 g/mol. The molecule has 0 saturated carbocycles. The third kappa shape index (κ3) is 3.14. The maximum Gasteiger partial charge on any atom is 0.243 e. The predicted molar refractivity (Wildman–Crippen MR) is 73.0 cm³/mol. The van der Waals surface area contributed by atoms with E-state index in [2.05, 4.69) is 0 Å². The average molecular weight is 284 g/mol. The van der Waals surface area contributed by atoms with Gasteiger partial charge in [-0.15, -0.1) is 0 Å². The van der Waals surface area contributed by atoms with Crippen molar-refractivity contribution in [2.75, 3.05) is 13.1 Å². The second kappa shape index (κ2) is 5.58. The normalized spacial score (nSPS) is 23.2. The molecule has 106 valence electrons. The SMILES string of the molecule is CC(N)c1cccc(S(=O)(=O)N2CCCC(O)C2)c1. The van der Waals surface area contributed by atoms with Gasteiger partial charge in [0, 0.05) is 19.1 Å². The molecule has 1 saturated heterocycles. The Bertz CT molecular complexity index is 543. The van der Waals surface area contributed by atoms with E-state index in [1.165, 1.54) is 4.31 Å². The van der Waals surface area contributed by atoms with Gasteiger partial charge in [0.2, 0.25) is 10.0 Å². The lowest BCUT2D eigenvalue weighted by molar-refractivity contribution is 0.108. The Morgan fingerprint density at radius 3 is 2.84 bits per heavy atom. The van der Waals surface area contributed by atoms with Gasteiger partial charge in [-0.25, -0.2) is 8.42 Å². The van der Waals surface area contributed by atoms with E-state index in [4.69, 9.17) is 5.73 Å². The maximum atomic E-state index is 12.5. The smallest absolute Gasteiger partial charge is 0.243 e. The van der Waals surface area contributed by atoms with Crippen LogP contribution in [0.25, 0.3) is 0 Å². The highest BCUT2D eigenvalue weighted by atomic mass is 32.2. The molecule has 5 nitrogen and oxygen atoms in total. The number of nitrogens with zero attached hydrogens (tertiary/aromatic N) is 1. The highest BCUT2D eigenvalue weighted by molar-refractivity contribution is 7.89. The molecule has 1 heterocycles. The Balaban J connectivity index is 2.31. The van der Waals surface area contributed by atoms with Crippen LogP contribution in [-0.2, 0) is 10.0 Å². The van der Waals surface area contributed by atoms with Crippen molar-refractivity contribution in [1.82, 2.24) is 4.31 Å². The fourth-order valence-corrected chi connectivity index (χ4v) is 3.82. The predicted octanol–water partition coefficient (Wildman–Crippen LogP) is 0.852. The van der Waals surface area contributed by atoms with Crippen LogP contribution >= 0.6 is 0 Å². The number of piperidine rings is 1. The molecule has 1 aromatic carbocycles. The number of aliphatic hydroxyl groups excluding tert-OH is 1. The van der Waals surface area contributed by atoms with Gasteiger partial charge in [-0.3, -0.25) is 0 Å². The van der Waals surface area contributed by atoms with Gasteiger partial charge in [-0.05, 0) is 37.5 Å². The van der Waals surface area contributed by atoms with Crippen LogP contribution in [0, 0.1) is 0 Å². The van der Waals surface area contributed by atoms with Gasteiger partial charge in [0.25, 0.3) is 0 Å². The van der Waals surface area contributed by atoms with Crippen LogP contribution in [0.3, 0.4) is 0 Å². The van der Waals surface area contributed by atoms with Crippen LogP contribution < -0.4 is 5.73 Å². The van der Waals surface area contributed by atoms with Crippen LogP contribution in [0.15, 0.2) is 29.2 Å². The van der Waals surface area contributed by atoms with E-state index in [1.807, 2.05) is 13.0 Å². The Hall–Kier alpha value is -0.950. The number of rotatable bonds is 3. The first-order valence-corrected chi connectivity index (χ1v) is 7.89. The third-order valence-electron chi connectivity index (χ3n) is 3.38. The summed E-state index contributed by atoms with van der Waals surface area (Å²) in [5, 5.41) is 9.61. The lowest BCUT2D eigenvalue weighted by Gasteiger charge is -2.29. The van der Waals surface area contributed by atoms with E-state index in [0.717, 1.165) is 5.56 Å². The summed E-state index contributed by atoms with van der Waals surface area (Å²) in [6.07, 6.45) is 0.777. The van der Waals surface area contributed by atoms with E-state index < -0.39 is 16.1 Å². The monoisotopic (exact) mass is 284 g/mol. The zero-order chi connectivity index (χ0) is 14.0. The lowest BCUT2D eigenvalue weighted by Crippen LogP contribution is -2.42. The summed E-state index contributed by atoms with van der Waals surface area (Å²) in [4.78, 5) is 0.247. The summed E-state index contributed by atoms with van der Waals surface area (Å²) >= 11 is 0. The van der Waals surface area contributed by atoms with Gasteiger partial charge in [0.15, 0.2) is 0 Å². The molecule has 6 heteroatoms. The van der Waals surface area contributed by atoms with E-state index in [9.17, 15) is 13.5 Å². The van der Waals surface area contributed by atoms with Crippen molar-refractivity contribution in [3.8, 4) is 0 Å². The van der Waals surface area contributed by atoms with Crippen molar-refractivity contribution >= 4 is 10.0 Å². The van der Waals surface area contributed by atoms with E-state index in [1.54, 1.807) is 18.2 Å². The summed E-state index contributed by atoms with van der Waals surface area (Å²) in [6.45, 7) is 2.45. The van der Waals surface area contributed by atoms with Gasteiger partial charge < -0.3 is 10.8 Å². The molecular formula is C13H20N2O3S. The summed E-state index contributed by atoms with van der Waals surface area (Å²) in [6, 6.07) is 6.49. The second-order valence-corrected chi connectivity index (χ2v) is 6.96. The molecule has 0 aromatic heterocycles. The molecule has 2 atom stereocenters. The van der Waals surface area contributed by atoms with Crippen LogP contribution in [0.4, 0.5) is 0 Å². The topological polar surface area (TPSA) is 83.6 Å². The van der Waals surface area contributed by atoms with Gasteiger partial charge in [-0.2, -0.15) is 4.31 Å². The molecule has 0 aliphatic carbocycles. The lowest BCUT2D eigenvalue weighted by atomic mass is 10.1. The molecule has 0 spiro atoms. The zero-order valence-electron chi connectivity index (χ0n) is 11.0. The first kappa shape index (κ1) is 14.5. The number of benzene rings is 1. The zero-order valence-corrected chi connectivity index (χ0v) is 11.8. The summed E-state index contributed by atoms with van der Waals surface area (Å²) in [7, 11) is -3.53. The van der Waals surface area contributed by atoms with Crippen LogP contribution in [0.1, 0.15) is 31.4 Å². The first-order valence-electron chi connectivity index (χ1n) is 6.45. The molecule has 1 aliphatic heterocycles. The van der Waals surface area contributed by atoms with Gasteiger partial charge >= 0.3 is 0 Å². The first-order chi connectivity index (χ1) is 8.91. The summed E-state index contributed by atoms with van der Waals surface area (Å²) in [5.41, 5.74) is 6.57. The average Bonchev–Trinajstić information content (AvgIpc) is 2.39. The minimum Gasteiger partial charge on any atom is -0.392 e. The van der Waals surface area contributed by atoms with Gasteiger partial charge in [0.1, 0.15) is 0 Å². The Morgan fingerprint density at radius 1 is 1.47 bits per heavy atom. The largest absolute Gasteiger partial charge is 0.392 e. The molecule has 2 unspecified atom stereocenters. The van der Waals surface area contributed by atoms with E-state index in [0.29, 0.717) is 19.4 Å². The minimum absolute atomic E-state index is 0.171. The van der Waals surface area contributed by atoms with Crippen molar-refractivity contribution in [3.63, 3.8) is 0 Å². The molecule has 19 heavy (non-hydrogen) atoms. The fraction of sp³-hybridized carbons (Fsp3) is 0.538. The molecule has 0 radical (unpaired) electrons. The van der Waals surface area contributed by atoms with Crippen LogP contribution in [-0.4, -0.2) is 37.0 Å². The highest BCUT2D eigenvalue weighted by Crippen LogP contribution is 2.22. The van der Waals surface area contributed by atoms with E-state index in [-0.39, 0.29) is 17.5 Å². The Kier molecular flexibility index (Phi) is 4.25. The van der Waals surface area contributed by atoms with Crippen LogP contribution in [0.5, 0.6) is 0 Å². The number of aliphatic hydroxyl groups is 1. The number of hydrogen-bond donors (Lipinski definition) is 2. The summed E-state index contributed by atoms with van der Waals surface area (Å²) < 4.78 is 26.3. The van der Waals surface area contributed by atoms with Gasteiger partial charge in [0.05, 0.1) is 11.0 Å². The molecule has 1 aliphatic rings. The second-order valence-electron chi connectivity index (χ2n) is 5.02. The van der Waals surface area contributed by atoms with E-state index >= 15 is 0 Å². The van der Waals surface area contributed by atoms with Crippen molar-refractivity contribution in [2.24, 2.45) is 5.73 Å². The molecule has 1 fully saturated rings. The number of sulfonamides is 1. The number of hydrogen-bond acceptors (Lipinski definition) is 4. The maximum absolute atomic E-state index is 12.5. The highest BCUT2D eigenvalue weighted by Gasteiger charge is 2.29. The molecule has 0 amide bonds. The molecule has 0 bridgehead atoms. The standard InChI is InChI=1S/C13H20N2O3S/c1-10(14)11-4-2-6-13(8-11)19(17,18)15-7-3-5-12(16)9-15/h2,4,6,8,10,12,16H,3,5,7,9,14H2,1H3. The quantitative estimate of drug-likeness (QED) is 0.862. The third-order valence-corrected chi connectivity index (χ3v) is 5.24.